The number of carbonyl (C=O) groups is 1. The molecule has 0 radical (unpaired) electrons. The summed E-state index contributed by atoms with van der Waals surface area (Å²) < 4.78 is 27.5. The van der Waals surface area contributed by atoms with E-state index in [9.17, 15) is 28.5 Å². The molecule has 0 aliphatic rings. The number of thiazole rings is 1. The molecule has 4 rings (SSSR count). The normalized spacial score (nSPS) is 10.9. The zero-order valence-electron chi connectivity index (χ0n) is 15.4. The minimum Gasteiger partial charge on any atom is -0.300 e. The molecule has 0 atom stereocenters. The Balaban J connectivity index is 1.52. The zero-order chi connectivity index (χ0) is 22.1. The van der Waals surface area contributed by atoms with E-state index in [0.717, 1.165) is 34.1 Å². The maximum Gasteiger partial charge on any atom is 0.270 e. The van der Waals surface area contributed by atoms with Crippen molar-refractivity contribution in [3.63, 3.8) is 0 Å². The van der Waals surface area contributed by atoms with E-state index in [4.69, 9.17) is 0 Å². The van der Waals surface area contributed by atoms with Crippen LogP contribution < -0.4 is 10.9 Å². The molecule has 4 aromatic rings. The van der Waals surface area contributed by atoms with Crippen LogP contribution in [-0.2, 0) is 11.3 Å². The van der Waals surface area contributed by atoms with Crippen molar-refractivity contribution in [1.29, 1.82) is 0 Å². The van der Waals surface area contributed by atoms with Gasteiger partial charge < -0.3 is 5.32 Å². The molecule has 9 nitrogen and oxygen atoms in total. The summed E-state index contributed by atoms with van der Waals surface area (Å²) in [6.07, 6.45) is 1.17. The van der Waals surface area contributed by atoms with Crippen LogP contribution in [0.3, 0.4) is 0 Å². The second-order valence-corrected chi connectivity index (χ2v) is 7.21. The first-order valence-electron chi connectivity index (χ1n) is 8.66. The van der Waals surface area contributed by atoms with E-state index in [-0.39, 0.29) is 21.7 Å². The van der Waals surface area contributed by atoms with E-state index in [1.807, 2.05) is 0 Å². The molecular weight excluding hydrogens is 432 g/mol. The molecule has 31 heavy (non-hydrogen) atoms. The lowest BCUT2D eigenvalue weighted by molar-refractivity contribution is -0.384. The van der Waals surface area contributed by atoms with Crippen LogP contribution in [0.2, 0.25) is 0 Å². The molecule has 0 saturated heterocycles. The number of aromatic nitrogens is 3. The van der Waals surface area contributed by atoms with Crippen LogP contribution in [-0.4, -0.2) is 25.4 Å². The van der Waals surface area contributed by atoms with Crippen molar-refractivity contribution >= 4 is 39.0 Å². The smallest absolute Gasteiger partial charge is 0.270 e. The molecule has 0 unspecified atom stereocenters. The summed E-state index contributed by atoms with van der Waals surface area (Å²) in [5.41, 5.74) is 0.0817. The average Bonchev–Trinajstić information content (AvgIpc) is 3.20. The first-order chi connectivity index (χ1) is 14.8. The van der Waals surface area contributed by atoms with Gasteiger partial charge in [-0.05, 0) is 24.3 Å². The van der Waals surface area contributed by atoms with E-state index in [1.165, 1.54) is 24.5 Å². The van der Waals surface area contributed by atoms with Gasteiger partial charge in [-0.1, -0.05) is 0 Å². The Labute approximate surface area is 175 Å². The van der Waals surface area contributed by atoms with Crippen LogP contribution in [0.4, 0.5) is 19.6 Å². The molecule has 0 bridgehead atoms. The number of benzene rings is 2. The number of hydrogen-bond acceptors (Lipinski definition) is 7. The molecular formula is C19H11F2N5O4S. The summed E-state index contributed by atoms with van der Waals surface area (Å²) in [6.45, 7) is -0.398. The number of nitrogens with zero attached hydrogens (tertiary/aromatic N) is 4. The fourth-order valence-corrected chi connectivity index (χ4v) is 3.54. The lowest BCUT2D eigenvalue weighted by Gasteiger charge is -2.06. The number of rotatable bonds is 5. The number of hydrogen-bond donors (Lipinski definition) is 1. The van der Waals surface area contributed by atoms with Crippen LogP contribution in [0.25, 0.3) is 22.2 Å². The Morgan fingerprint density at radius 3 is 2.74 bits per heavy atom. The molecule has 0 saturated carbocycles. The Kier molecular flexibility index (Phi) is 5.21. The number of carbonyl (C=O) groups excluding carboxylic acids is 1. The van der Waals surface area contributed by atoms with Crippen LogP contribution >= 0.6 is 11.3 Å². The maximum atomic E-state index is 13.4. The quantitative estimate of drug-likeness (QED) is 0.373. The first-order valence-corrected chi connectivity index (χ1v) is 9.54. The second-order valence-electron chi connectivity index (χ2n) is 6.35. The van der Waals surface area contributed by atoms with Gasteiger partial charge in [0.1, 0.15) is 6.54 Å². The van der Waals surface area contributed by atoms with E-state index in [2.05, 4.69) is 15.3 Å². The number of anilines is 1. The summed E-state index contributed by atoms with van der Waals surface area (Å²) >= 11 is 1.07. The predicted octanol–water partition coefficient (Wildman–Crippen LogP) is 3.35. The van der Waals surface area contributed by atoms with E-state index < -0.39 is 34.6 Å². The number of nitro groups is 1. The largest absolute Gasteiger partial charge is 0.300 e. The standard InChI is InChI=1S/C19H11F2N5O4S/c20-13-3-1-10(5-14(13)21)16-8-31-19(23-16)24-17(27)7-25-9-22-15-4-2-11(26(29)30)6-12(15)18(25)28/h1-6,8-9H,7H2,(H,23,24,27). The van der Waals surface area contributed by atoms with Crippen molar-refractivity contribution in [1.82, 2.24) is 14.5 Å². The summed E-state index contributed by atoms with van der Waals surface area (Å²) in [4.78, 5) is 43.4. The van der Waals surface area contributed by atoms with E-state index in [1.54, 1.807) is 5.38 Å². The summed E-state index contributed by atoms with van der Waals surface area (Å²) in [5.74, 6) is -2.58. The van der Waals surface area contributed by atoms with Crippen molar-refractivity contribution in [2.24, 2.45) is 0 Å². The van der Waals surface area contributed by atoms with Crippen molar-refractivity contribution in [2.75, 3.05) is 5.32 Å². The Morgan fingerprint density at radius 1 is 1.19 bits per heavy atom. The third kappa shape index (κ3) is 4.14. The highest BCUT2D eigenvalue weighted by molar-refractivity contribution is 7.14. The Morgan fingerprint density at radius 2 is 2.00 bits per heavy atom. The highest BCUT2D eigenvalue weighted by Gasteiger charge is 2.14. The number of non-ortho nitro benzene ring substituents is 1. The second kappa shape index (κ2) is 7.99. The SMILES string of the molecule is O=C(Cn1cnc2ccc([N+](=O)[O-])cc2c1=O)Nc1nc(-c2ccc(F)c(F)c2)cs1. The molecule has 12 heteroatoms. The molecule has 2 heterocycles. The molecule has 156 valence electrons. The molecule has 2 aromatic carbocycles. The fraction of sp³-hybridized carbons (Fsp3) is 0.0526. The van der Waals surface area contributed by atoms with Gasteiger partial charge in [-0.15, -0.1) is 11.3 Å². The highest BCUT2D eigenvalue weighted by atomic mass is 32.1. The van der Waals surface area contributed by atoms with Gasteiger partial charge in [0.15, 0.2) is 16.8 Å². The lowest BCUT2D eigenvalue weighted by atomic mass is 10.2. The van der Waals surface area contributed by atoms with Crippen LogP contribution in [0, 0.1) is 21.7 Å². The number of amides is 1. The van der Waals surface area contributed by atoms with Crippen LogP contribution in [0.15, 0.2) is 52.9 Å². The minimum atomic E-state index is -1.01. The van der Waals surface area contributed by atoms with Gasteiger partial charge in [0.2, 0.25) is 5.91 Å². The maximum absolute atomic E-state index is 13.4. The monoisotopic (exact) mass is 443 g/mol. The van der Waals surface area contributed by atoms with E-state index >= 15 is 0 Å². The van der Waals surface area contributed by atoms with Crippen LogP contribution in [0.5, 0.6) is 0 Å². The highest BCUT2D eigenvalue weighted by Crippen LogP contribution is 2.26. The fourth-order valence-electron chi connectivity index (χ4n) is 2.81. The lowest BCUT2D eigenvalue weighted by Crippen LogP contribution is -2.27. The number of fused-ring (bicyclic) bond motifs is 1. The van der Waals surface area contributed by atoms with Gasteiger partial charge in [0.05, 0.1) is 27.8 Å². The van der Waals surface area contributed by atoms with Gasteiger partial charge >= 0.3 is 0 Å². The Hall–Kier alpha value is -4.06. The van der Waals surface area contributed by atoms with Gasteiger partial charge in [-0.2, -0.15) is 0 Å². The molecule has 0 aliphatic carbocycles. The molecule has 1 amide bonds. The van der Waals surface area contributed by atoms with Gasteiger partial charge in [-0.25, -0.2) is 18.7 Å². The molecule has 2 aromatic heterocycles. The zero-order valence-corrected chi connectivity index (χ0v) is 16.2. The van der Waals surface area contributed by atoms with Crippen molar-refractivity contribution in [2.45, 2.75) is 6.54 Å². The molecule has 1 N–H and O–H groups in total. The first kappa shape index (κ1) is 20.2. The third-order valence-corrected chi connectivity index (χ3v) is 5.06. The number of nitrogens with one attached hydrogen (secondary N) is 1. The summed E-state index contributed by atoms with van der Waals surface area (Å²) in [6, 6.07) is 7.03. The van der Waals surface area contributed by atoms with Crippen molar-refractivity contribution < 1.29 is 18.5 Å². The number of halogens is 2. The summed E-state index contributed by atoms with van der Waals surface area (Å²) in [7, 11) is 0. The minimum absolute atomic E-state index is 0.0133. The Bertz CT molecular complexity index is 1400. The van der Waals surface area contributed by atoms with Crippen molar-refractivity contribution in [3.8, 4) is 11.3 Å². The van der Waals surface area contributed by atoms with Gasteiger partial charge in [0.25, 0.3) is 11.2 Å². The number of nitro benzene ring substituents is 1. The topological polar surface area (TPSA) is 120 Å². The molecule has 0 spiro atoms. The average molecular weight is 443 g/mol. The van der Waals surface area contributed by atoms with Gasteiger partial charge in [-0.3, -0.25) is 24.3 Å². The molecule has 0 aliphatic heterocycles. The van der Waals surface area contributed by atoms with Crippen LogP contribution in [0.1, 0.15) is 0 Å². The predicted molar refractivity (Wildman–Crippen MR) is 109 cm³/mol. The summed E-state index contributed by atoms with van der Waals surface area (Å²) in [5, 5.41) is 15.2. The van der Waals surface area contributed by atoms with Gasteiger partial charge in [0, 0.05) is 23.1 Å². The van der Waals surface area contributed by atoms with Crippen molar-refractivity contribution in [3.05, 3.63) is 80.2 Å². The molecule has 0 fully saturated rings. The third-order valence-electron chi connectivity index (χ3n) is 4.30. The van der Waals surface area contributed by atoms with E-state index in [0.29, 0.717) is 11.3 Å².